The molecule has 0 radical (unpaired) electrons. The number of likely N-dealkylation sites (tertiary alicyclic amines) is 1. The van der Waals surface area contributed by atoms with Gasteiger partial charge in [-0.1, -0.05) is 79.7 Å². The predicted octanol–water partition coefficient (Wildman–Crippen LogP) is 2.25. The molecule has 2 aliphatic carbocycles. The Hall–Kier alpha value is -3.00. The highest BCUT2D eigenvalue weighted by Crippen LogP contribution is 2.65. The van der Waals surface area contributed by atoms with Gasteiger partial charge in [-0.15, -0.1) is 6.58 Å². The van der Waals surface area contributed by atoms with E-state index < -0.39 is 73.7 Å². The Bertz CT molecular complexity index is 1400. The number of Topliss-reactive ketones (excluding diaryl/α,β-unsaturated/α-hetero) is 1. The lowest BCUT2D eigenvalue weighted by Crippen LogP contribution is -2.67. The molecule has 4 aliphatic rings. The van der Waals surface area contributed by atoms with Crippen LogP contribution in [0.3, 0.4) is 0 Å². The molecule has 0 bridgehead atoms. The van der Waals surface area contributed by atoms with Crippen LogP contribution in [0.2, 0.25) is 0 Å². The second-order valence-electron chi connectivity index (χ2n) is 16.0. The van der Waals surface area contributed by atoms with Gasteiger partial charge in [-0.05, 0) is 41.9 Å². The Morgan fingerprint density at radius 2 is 1.73 bits per heavy atom. The summed E-state index contributed by atoms with van der Waals surface area (Å²) in [5.74, 6) is -2.72. The number of rotatable bonds is 13. The van der Waals surface area contributed by atoms with Crippen molar-refractivity contribution in [1.82, 2.24) is 26.2 Å². The molecule has 6 atom stereocenters. The first-order valence-electron chi connectivity index (χ1n) is 17.8. The van der Waals surface area contributed by atoms with Gasteiger partial charge in [0.1, 0.15) is 17.3 Å². The third-order valence-corrected chi connectivity index (χ3v) is 13.4. The molecule has 4 rings (SSSR count). The maximum Gasteiger partial charge on any atom is 0.315 e. The number of ether oxygens (including phenoxy) is 1. The Kier molecular flexibility index (Phi) is 11.9. The van der Waals surface area contributed by atoms with Gasteiger partial charge >= 0.3 is 6.03 Å². The molecule has 0 spiro atoms. The standard InChI is InChI=1S/C35H57N5O8S/c1-8-10-14-23(27(41)30(43)36-17-9-2)37-29(42)26-25-22(34(25,6)7)20-40(26)31(44)28(33(3,4)5)38-32(45)39-35(15-12-11-13-16-35)24-21-48-18-19-49(24,46)47/h9,22-26,28H,2,8,10-21H2,1,3-7H3,(H,36,43)(H,37,42)(H2,38,39,45)/t22-,23-,24?,25-,26-,28+/m0/s1. The molecule has 49 heavy (non-hydrogen) atoms. The number of carbonyl (C=O) groups excluding carboxylic acids is 5. The lowest BCUT2D eigenvalue weighted by atomic mass is 9.79. The van der Waals surface area contributed by atoms with Crippen molar-refractivity contribution >= 4 is 39.4 Å². The molecule has 1 unspecified atom stereocenters. The van der Waals surface area contributed by atoms with Gasteiger partial charge in [0.25, 0.3) is 5.91 Å². The molecule has 276 valence electrons. The van der Waals surface area contributed by atoms with Crippen LogP contribution in [0, 0.1) is 22.7 Å². The summed E-state index contributed by atoms with van der Waals surface area (Å²) >= 11 is 0. The van der Waals surface area contributed by atoms with Crippen LogP contribution in [0.15, 0.2) is 12.7 Å². The zero-order valence-corrected chi connectivity index (χ0v) is 30.9. The summed E-state index contributed by atoms with van der Waals surface area (Å²) in [4.78, 5) is 69.5. The number of sulfone groups is 1. The molecule has 2 heterocycles. The second kappa shape index (κ2) is 15.1. The number of unbranched alkanes of at least 4 members (excludes halogenated alkanes) is 1. The summed E-state index contributed by atoms with van der Waals surface area (Å²) in [5.41, 5.74) is -2.01. The minimum absolute atomic E-state index is 0.00500. The van der Waals surface area contributed by atoms with Crippen LogP contribution >= 0.6 is 0 Å². The number of urea groups is 1. The average Bonchev–Trinajstić information content (AvgIpc) is 3.33. The van der Waals surface area contributed by atoms with Gasteiger partial charge in [-0.2, -0.15) is 0 Å². The summed E-state index contributed by atoms with van der Waals surface area (Å²) in [6.45, 7) is 15.6. The van der Waals surface area contributed by atoms with Crippen molar-refractivity contribution in [3.05, 3.63) is 12.7 Å². The van der Waals surface area contributed by atoms with E-state index in [0.717, 1.165) is 25.7 Å². The summed E-state index contributed by atoms with van der Waals surface area (Å²) in [7, 11) is -3.52. The normalized spacial score (nSPS) is 27.8. The van der Waals surface area contributed by atoms with E-state index in [1.54, 1.807) is 0 Å². The highest BCUT2D eigenvalue weighted by molar-refractivity contribution is 7.92. The molecule has 0 aromatic carbocycles. The largest absolute Gasteiger partial charge is 0.379 e. The van der Waals surface area contributed by atoms with Gasteiger partial charge in [0.15, 0.2) is 9.84 Å². The van der Waals surface area contributed by atoms with Crippen LogP contribution < -0.4 is 21.3 Å². The molecule has 0 aromatic rings. The molecule has 0 aromatic heterocycles. The van der Waals surface area contributed by atoms with Crippen LogP contribution in [-0.4, -0.2) is 104 Å². The summed E-state index contributed by atoms with van der Waals surface area (Å²) in [6, 6.07) is -3.64. The summed E-state index contributed by atoms with van der Waals surface area (Å²) in [5, 5.41) is 10.3. The van der Waals surface area contributed by atoms with Crippen LogP contribution in [-0.2, 0) is 33.8 Å². The van der Waals surface area contributed by atoms with E-state index in [1.807, 2.05) is 41.5 Å². The summed E-state index contributed by atoms with van der Waals surface area (Å²) < 4.78 is 31.9. The Balaban J connectivity index is 1.56. The fraction of sp³-hybridized carbons (Fsp3) is 0.800. The molecule has 2 saturated carbocycles. The predicted molar refractivity (Wildman–Crippen MR) is 185 cm³/mol. The Morgan fingerprint density at radius 3 is 2.33 bits per heavy atom. The fourth-order valence-electron chi connectivity index (χ4n) is 8.19. The maximum absolute atomic E-state index is 14.5. The van der Waals surface area contributed by atoms with E-state index in [4.69, 9.17) is 4.74 Å². The SMILES string of the molecule is C=CCNC(=O)C(=O)[C@H](CCCC)NC(=O)[C@@H]1[C@@H]2[C@H](CN1C(=O)[C@@H](NC(=O)NC1(C3COCCS3(=O)=O)CCCCC1)C(C)(C)C)C2(C)C. The van der Waals surface area contributed by atoms with Crippen molar-refractivity contribution in [3.63, 3.8) is 0 Å². The van der Waals surface area contributed by atoms with Gasteiger partial charge in [-0.3, -0.25) is 19.2 Å². The second-order valence-corrected chi connectivity index (χ2v) is 18.3. The first kappa shape index (κ1) is 38.8. The van der Waals surface area contributed by atoms with Gasteiger partial charge in [-0.25, -0.2) is 13.2 Å². The van der Waals surface area contributed by atoms with Crippen molar-refractivity contribution in [2.24, 2.45) is 22.7 Å². The number of fused-ring (bicyclic) bond motifs is 1. The van der Waals surface area contributed by atoms with Crippen molar-refractivity contribution < 1.29 is 37.1 Å². The van der Waals surface area contributed by atoms with Crippen LogP contribution in [0.5, 0.6) is 0 Å². The molecular formula is C35H57N5O8S. The van der Waals surface area contributed by atoms with Crippen LogP contribution in [0.4, 0.5) is 4.79 Å². The molecule has 13 nitrogen and oxygen atoms in total. The molecule has 14 heteroatoms. The van der Waals surface area contributed by atoms with Crippen molar-refractivity contribution in [2.45, 2.75) is 122 Å². The smallest absolute Gasteiger partial charge is 0.315 e. The third kappa shape index (κ3) is 8.32. The van der Waals surface area contributed by atoms with Crippen molar-refractivity contribution in [1.29, 1.82) is 0 Å². The first-order chi connectivity index (χ1) is 22.9. The third-order valence-electron chi connectivity index (χ3n) is 11.2. The summed E-state index contributed by atoms with van der Waals surface area (Å²) in [6.07, 6.45) is 6.52. The minimum Gasteiger partial charge on any atom is -0.379 e. The molecule has 5 amide bonds. The monoisotopic (exact) mass is 707 g/mol. The number of nitrogens with zero attached hydrogens (tertiary/aromatic N) is 1. The number of amides is 5. The number of piperidine rings is 1. The molecule has 2 saturated heterocycles. The van der Waals surface area contributed by atoms with Gasteiger partial charge in [0.2, 0.25) is 17.6 Å². The fourth-order valence-corrected chi connectivity index (χ4v) is 10.1. The lowest BCUT2D eigenvalue weighted by molar-refractivity contribution is -0.145. The Labute approximate surface area is 291 Å². The van der Waals surface area contributed by atoms with E-state index in [0.29, 0.717) is 25.8 Å². The van der Waals surface area contributed by atoms with E-state index in [9.17, 15) is 32.4 Å². The number of hydrogen-bond donors (Lipinski definition) is 4. The Morgan fingerprint density at radius 1 is 1.06 bits per heavy atom. The molecule has 4 fully saturated rings. The van der Waals surface area contributed by atoms with E-state index in [-0.39, 0.29) is 49.2 Å². The molecule has 2 aliphatic heterocycles. The minimum atomic E-state index is -3.52. The highest BCUT2D eigenvalue weighted by atomic mass is 32.2. The molecule has 4 N–H and O–H groups in total. The maximum atomic E-state index is 14.5. The topological polar surface area (TPSA) is 180 Å². The quantitative estimate of drug-likeness (QED) is 0.166. The zero-order chi connectivity index (χ0) is 36.4. The van der Waals surface area contributed by atoms with E-state index >= 15 is 0 Å². The van der Waals surface area contributed by atoms with E-state index in [2.05, 4.69) is 27.8 Å². The van der Waals surface area contributed by atoms with E-state index in [1.165, 1.54) is 11.0 Å². The number of nitrogens with one attached hydrogen (secondary N) is 4. The van der Waals surface area contributed by atoms with Crippen molar-refractivity contribution in [2.75, 3.05) is 32.1 Å². The number of carbonyl (C=O) groups is 5. The zero-order valence-electron chi connectivity index (χ0n) is 30.1. The van der Waals surface area contributed by atoms with Gasteiger partial charge < -0.3 is 30.9 Å². The number of ketones is 1. The van der Waals surface area contributed by atoms with Gasteiger partial charge in [0, 0.05) is 13.1 Å². The average molecular weight is 708 g/mol. The van der Waals surface area contributed by atoms with Crippen LogP contribution in [0.1, 0.15) is 92.9 Å². The molecular weight excluding hydrogens is 650 g/mol. The highest BCUT2D eigenvalue weighted by Gasteiger charge is 2.70. The van der Waals surface area contributed by atoms with Crippen molar-refractivity contribution in [3.8, 4) is 0 Å². The first-order valence-corrected chi connectivity index (χ1v) is 19.5. The number of hydrogen-bond acceptors (Lipinski definition) is 8. The van der Waals surface area contributed by atoms with Gasteiger partial charge in [0.05, 0.1) is 30.5 Å². The van der Waals surface area contributed by atoms with Crippen LogP contribution in [0.25, 0.3) is 0 Å². The lowest BCUT2D eigenvalue weighted by Gasteiger charge is -2.45.